The standard InChI is InChI=1S/C14H14O/c1-10-8-9-13(15)14(11(10)2)12-6-4-3-5-7-12/h3-9,14H,1-2H3. The summed E-state index contributed by atoms with van der Waals surface area (Å²) in [4.78, 5) is 11.8. The van der Waals surface area contributed by atoms with Gasteiger partial charge in [0.15, 0.2) is 5.78 Å². The van der Waals surface area contributed by atoms with Gasteiger partial charge in [0.1, 0.15) is 0 Å². The highest BCUT2D eigenvalue weighted by atomic mass is 16.1. The van der Waals surface area contributed by atoms with Crippen molar-refractivity contribution < 1.29 is 4.79 Å². The molecule has 0 radical (unpaired) electrons. The lowest BCUT2D eigenvalue weighted by Crippen LogP contribution is -2.15. The van der Waals surface area contributed by atoms with Gasteiger partial charge in [0.25, 0.3) is 0 Å². The summed E-state index contributed by atoms with van der Waals surface area (Å²) in [6.45, 7) is 4.09. The molecule has 0 aromatic heterocycles. The topological polar surface area (TPSA) is 17.1 Å². The maximum absolute atomic E-state index is 11.8. The highest BCUT2D eigenvalue weighted by molar-refractivity contribution is 5.99. The number of carbonyl (C=O) groups excluding carboxylic acids is 1. The van der Waals surface area contributed by atoms with Crippen LogP contribution >= 0.6 is 0 Å². The fourth-order valence-corrected chi connectivity index (χ4v) is 1.94. The molecule has 0 N–H and O–H groups in total. The van der Waals surface area contributed by atoms with Crippen molar-refractivity contribution in [3.05, 3.63) is 59.2 Å². The van der Waals surface area contributed by atoms with Gasteiger partial charge >= 0.3 is 0 Å². The van der Waals surface area contributed by atoms with E-state index in [1.54, 1.807) is 6.08 Å². The van der Waals surface area contributed by atoms with Crippen LogP contribution in [0.3, 0.4) is 0 Å². The van der Waals surface area contributed by atoms with E-state index in [-0.39, 0.29) is 11.7 Å². The van der Waals surface area contributed by atoms with Gasteiger partial charge < -0.3 is 0 Å². The van der Waals surface area contributed by atoms with E-state index in [9.17, 15) is 4.79 Å². The number of hydrogen-bond donors (Lipinski definition) is 0. The summed E-state index contributed by atoms with van der Waals surface area (Å²) in [6, 6.07) is 9.95. The third-order valence-corrected chi connectivity index (χ3v) is 2.97. The van der Waals surface area contributed by atoms with Gasteiger partial charge in [-0.3, -0.25) is 4.79 Å². The zero-order valence-corrected chi connectivity index (χ0v) is 9.03. The fraction of sp³-hybridized carbons (Fsp3) is 0.214. The molecule has 15 heavy (non-hydrogen) atoms. The van der Waals surface area contributed by atoms with Crippen molar-refractivity contribution in [2.24, 2.45) is 0 Å². The highest BCUT2D eigenvalue weighted by Gasteiger charge is 2.23. The van der Waals surface area contributed by atoms with Crippen molar-refractivity contribution in [2.75, 3.05) is 0 Å². The SMILES string of the molecule is CC1=C(C)C(c2ccccc2)C(=O)C=C1. The molecule has 0 bridgehead atoms. The third kappa shape index (κ3) is 1.78. The molecular formula is C14H14O. The van der Waals surface area contributed by atoms with Crippen molar-refractivity contribution in [1.82, 2.24) is 0 Å². The Bertz CT molecular complexity index is 438. The van der Waals surface area contributed by atoms with Gasteiger partial charge in [-0.15, -0.1) is 0 Å². The Morgan fingerprint density at radius 1 is 1.00 bits per heavy atom. The number of allylic oxidation sites excluding steroid dienone is 4. The number of benzene rings is 1. The van der Waals surface area contributed by atoms with E-state index in [0.29, 0.717) is 0 Å². The Morgan fingerprint density at radius 3 is 2.33 bits per heavy atom. The second-order valence-electron chi connectivity index (χ2n) is 3.95. The van der Waals surface area contributed by atoms with E-state index >= 15 is 0 Å². The maximum atomic E-state index is 11.8. The van der Waals surface area contributed by atoms with Gasteiger partial charge in [0.2, 0.25) is 0 Å². The zero-order valence-electron chi connectivity index (χ0n) is 9.03. The Labute approximate surface area is 90.1 Å². The molecule has 1 heteroatoms. The molecular weight excluding hydrogens is 184 g/mol. The van der Waals surface area contributed by atoms with Crippen LogP contribution in [0.15, 0.2) is 53.6 Å². The lowest BCUT2D eigenvalue weighted by molar-refractivity contribution is -0.115. The molecule has 0 saturated heterocycles. The van der Waals surface area contributed by atoms with Crippen LogP contribution in [0.25, 0.3) is 0 Å². The summed E-state index contributed by atoms with van der Waals surface area (Å²) in [6.07, 6.45) is 3.58. The van der Waals surface area contributed by atoms with Crippen molar-refractivity contribution >= 4 is 5.78 Å². The minimum Gasteiger partial charge on any atom is -0.294 e. The first kappa shape index (κ1) is 9.91. The van der Waals surface area contributed by atoms with Crippen molar-refractivity contribution in [3.8, 4) is 0 Å². The molecule has 1 aromatic rings. The maximum Gasteiger partial charge on any atom is 0.167 e. The van der Waals surface area contributed by atoms with Crippen molar-refractivity contribution in [3.63, 3.8) is 0 Å². The lowest BCUT2D eigenvalue weighted by atomic mass is 9.82. The van der Waals surface area contributed by atoms with Gasteiger partial charge in [-0.2, -0.15) is 0 Å². The van der Waals surface area contributed by atoms with E-state index < -0.39 is 0 Å². The molecule has 0 amide bonds. The van der Waals surface area contributed by atoms with E-state index in [1.165, 1.54) is 5.57 Å². The molecule has 1 aromatic carbocycles. The predicted octanol–water partition coefficient (Wildman–Crippen LogP) is 3.25. The zero-order chi connectivity index (χ0) is 10.8. The second kappa shape index (κ2) is 3.85. The van der Waals surface area contributed by atoms with Crippen LogP contribution in [-0.4, -0.2) is 5.78 Å². The van der Waals surface area contributed by atoms with Crippen LogP contribution in [-0.2, 0) is 4.79 Å². The number of hydrogen-bond acceptors (Lipinski definition) is 1. The molecule has 1 nitrogen and oxygen atoms in total. The molecule has 0 aliphatic heterocycles. The van der Waals surface area contributed by atoms with Gasteiger partial charge in [-0.25, -0.2) is 0 Å². The van der Waals surface area contributed by atoms with E-state index in [1.807, 2.05) is 50.3 Å². The molecule has 1 unspecified atom stereocenters. The van der Waals surface area contributed by atoms with E-state index in [0.717, 1.165) is 11.1 Å². The Morgan fingerprint density at radius 2 is 1.67 bits per heavy atom. The summed E-state index contributed by atoms with van der Waals surface area (Å²) in [7, 11) is 0. The summed E-state index contributed by atoms with van der Waals surface area (Å²) >= 11 is 0. The average Bonchev–Trinajstić information content (AvgIpc) is 2.26. The van der Waals surface area contributed by atoms with E-state index in [4.69, 9.17) is 0 Å². The van der Waals surface area contributed by atoms with Crippen LogP contribution in [0.5, 0.6) is 0 Å². The number of ketones is 1. The molecule has 0 saturated carbocycles. The quantitative estimate of drug-likeness (QED) is 0.677. The smallest absolute Gasteiger partial charge is 0.167 e. The summed E-state index contributed by atoms with van der Waals surface area (Å²) in [5.41, 5.74) is 3.45. The minimum absolute atomic E-state index is 0.0730. The van der Waals surface area contributed by atoms with Crippen molar-refractivity contribution in [2.45, 2.75) is 19.8 Å². The summed E-state index contributed by atoms with van der Waals surface area (Å²) < 4.78 is 0. The predicted molar refractivity (Wildman–Crippen MR) is 61.7 cm³/mol. The van der Waals surface area contributed by atoms with Gasteiger partial charge in [-0.1, -0.05) is 47.6 Å². The van der Waals surface area contributed by atoms with Crippen molar-refractivity contribution in [1.29, 1.82) is 0 Å². The van der Waals surface area contributed by atoms with Gasteiger partial charge in [0.05, 0.1) is 5.92 Å². The molecule has 0 heterocycles. The Kier molecular flexibility index (Phi) is 2.55. The fourth-order valence-electron chi connectivity index (χ4n) is 1.94. The molecule has 2 rings (SSSR count). The molecule has 1 aliphatic rings. The Balaban J connectivity index is 2.46. The van der Waals surface area contributed by atoms with E-state index in [2.05, 4.69) is 0 Å². The molecule has 1 atom stereocenters. The second-order valence-corrected chi connectivity index (χ2v) is 3.95. The minimum atomic E-state index is -0.0730. The molecule has 0 spiro atoms. The summed E-state index contributed by atoms with van der Waals surface area (Å²) in [5, 5.41) is 0. The largest absolute Gasteiger partial charge is 0.294 e. The highest BCUT2D eigenvalue weighted by Crippen LogP contribution is 2.31. The monoisotopic (exact) mass is 198 g/mol. The van der Waals surface area contributed by atoms with Crippen LogP contribution in [0.1, 0.15) is 25.3 Å². The first-order valence-electron chi connectivity index (χ1n) is 5.14. The molecule has 76 valence electrons. The Hall–Kier alpha value is -1.63. The third-order valence-electron chi connectivity index (χ3n) is 2.97. The average molecular weight is 198 g/mol. The molecule has 0 fully saturated rings. The lowest BCUT2D eigenvalue weighted by Gasteiger charge is -2.20. The van der Waals surface area contributed by atoms with Crippen LogP contribution in [0.4, 0.5) is 0 Å². The van der Waals surface area contributed by atoms with Gasteiger partial charge in [-0.05, 0) is 25.5 Å². The first-order valence-corrected chi connectivity index (χ1v) is 5.14. The first-order chi connectivity index (χ1) is 7.20. The van der Waals surface area contributed by atoms with Crippen LogP contribution < -0.4 is 0 Å². The molecule has 1 aliphatic carbocycles. The van der Waals surface area contributed by atoms with Crippen LogP contribution in [0.2, 0.25) is 0 Å². The summed E-state index contributed by atoms with van der Waals surface area (Å²) in [5.74, 6) is 0.112. The van der Waals surface area contributed by atoms with Gasteiger partial charge in [0, 0.05) is 0 Å². The normalized spacial score (nSPS) is 20.9. The number of rotatable bonds is 1. The van der Waals surface area contributed by atoms with Crippen LogP contribution in [0, 0.1) is 0 Å². The number of carbonyl (C=O) groups is 1.